The van der Waals surface area contributed by atoms with Crippen molar-refractivity contribution in [2.75, 3.05) is 13.1 Å². The molecule has 0 saturated heterocycles. The number of halogens is 1. The fraction of sp³-hybridized carbons (Fsp3) is 0.438. The normalized spacial score (nSPS) is 11.2. The predicted octanol–water partition coefficient (Wildman–Crippen LogP) is 4.62. The third kappa shape index (κ3) is 4.09. The summed E-state index contributed by atoms with van der Waals surface area (Å²) in [6.07, 6.45) is 4.20. The van der Waals surface area contributed by atoms with Crippen LogP contribution in [0.3, 0.4) is 0 Å². The molecule has 1 heterocycles. The molecule has 2 aromatic rings. The van der Waals surface area contributed by atoms with Crippen molar-refractivity contribution in [3.63, 3.8) is 0 Å². The summed E-state index contributed by atoms with van der Waals surface area (Å²) in [5.74, 6) is 1.57. The van der Waals surface area contributed by atoms with E-state index in [1.165, 1.54) is 12.8 Å². The van der Waals surface area contributed by atoms with Crippen molar-refractivity contribution in [1.82, 2.24) is 9.88 Å². The van der Waals surface area contributed by atoms with Gasteiger partial charge in [0.05, 0.1) is 12.7 Å². The van der Waals surface area contributed by atoms with E-state index in [2.05, 4.69) is 23.7 Å². The van der Waals surface area contributed by atoms with Crippen LogP contribution in [0, 0.1) is 0 Å². The Balaban J connectivity index is 2.02. The monoisotopic (exact) mass is 292 g/mol. The molecule has 0 unspecified atom stereocenters. The smallest absolute Gasteiger partial charge is 0.209 e. The molecular weight excluding hydrogens is 272 g/mol. The molecular formula is C16H21ClN2O. The molecule has 108 valence electrons. The Morgan fingerprint density at radius 1 is 1.20 bits per heavy atom. The molecule has 0 N–H and O–H groups in total. The predicted molar refractivity (Wildman–Crippen MR) is 82.8 cm³/mol. The molecule has 3 nitrogen and oxygen atoms in total. The highest BCUT2D eigenvalue weighted by atomic mass is 35.5. The van der Waals surface area contributed by atoms with Gasteiger partial charge in [0.25, 0.3) is 0 Å². The van der Waals surface area contributed by atoms with E-state index >= 15 is 0 Å². The first-order chi connectivity index (χ1) is 9.72. The Kier molecular flexibility index (Phi) is 5.62. The van der Waals surface area contributed by atoms with Gasteiger partial charge in [0.15, 0.2) is 5.76 Å². The molecule has 0 atom stereocenters. The zero-order valence-electron chi connectivity index (χ0n) is 12.1. The lowest BCUT2D eigenvalue weighted by Gasteiger charge is -2.17. The summed E-state index contributed by atoms with van der Waals surface area (Å²) in [7, 11) is 0. The summed E-state index contributed by atoms with van der Waals surface area (Å²) in [6, 6.07) is 7.61. The van der Waals surface area contributed by atoms with E-state index in [9.17, 15) is 0 Å². The highest BCUT2D eigenvalue weighted by Gasteiger charge is 2.10. The van der Waals surface area contributed by atoms with Gasteiger partial charge in [0.1, 0.15) is 0 Å². The maximum atomic E-state index is 5.89. The molecule has 0 radical (unpaired) electrons. The van der Waals surface area contributed by atoms with Crippen LogP contribution in [-0.4, -0.2) is 23.0 Å². The quantitative estimate of drug-likeness (QED) is 0.746. The molecule has 1 aromatic heterocycles. The van der Waals surface area contributed by atoms with Crippen molar-refractivity contribution in [2.24, 2.45) is 0 Å². The average Bonchev–Trinajstić information content (AvgIpc) is 2.92. The second kappa shape index (κ2) is 7.46. The molecule has 1 aromatic carbocycles. The molecule has 0 aliphatic rings. The summed E-state index contributed by atoms with van der Waals surface area (Å²) in [5, 5.41) is 0.727. The number of rotatable bonds is 7. The summed E-state index contributed by atoms with van der Waals surface area (Å²) in [6.45, 7) is 7.24. The Bertz CT molecular complexity index is 522. The summed E-state index contributed by atoms with van der Waals surface area (Å²) in [5.41, 5.74) is 1.00. The topological polar surface area (TPSA) is 29.3 Å². The maximum absolute atomic E-state index is 5.89. The van der Waals surface area contributed by atoms with E-state index in [1.807, 2.05) is 24.3 Å². The van der Waals surface area contributed by atoms with E-state index in [0.717, 1.165) is 41.9 Å². The number of hydrogen-bond acceptors (Lipinski definition) is 3. The van der Waals surface area contributed by atoms with E-state index in [0.29, 0.717) is 0 Å². The van der Waals surface area contributed by atoms with Crippen LogP contribution in [0.2, 0.25) is 5.02 Å². The van der Waals surface area contributed by atoms with Crippen LogP contribution in [0.15, 0.2) is 34.9 Å². The third-order valence-electron chi connectivity index (χ3n) is 3.32. The van der Waals surface area contributed by atoms with Gasteiger partial charge in [0.2, 0.25) is 5.89 Å². The molecule has 0 aliphatic carbocycles. The average molecular weight is 293 g/mol. The molecule has 0 fully saturated rings. The molecule has 0 bridgehead atoms. The van der Waals surface area contributed by atoms with E-state index < -0.39 is 0 Å². The number of hydrogen-bond donors (Lipinski definition) is 0. The van der Waals surface area contributed by atoms with Crippen molar-refractivity contribution in [1.29, 1.82) is 0 Å². The highest BCUT2D eigenvalue weighted by molar-refractivity contribution is 6.30. The van der Waals surface area contributed by atoms with Gasteiger partial charge >= 0.3 is 0 Å². The van der Waals surface area contributed by atoms with Gasteiger partial charge in [-0.15, -0.1) is 0 Å². The minimum absolute atomic E-state index is 0.727. The van der Waals surface area contributed by atoms with Crippen LogP contribution in [0.4, 0.5) is 0 Å². The number of nitrogens with zero attached hydrogens (tertiary/aromatic N) is 2. The lowest BCUT2D eigenvalue weighted by atomic mass is 10.2. The first-order valence-electron chi connectivity index (χ1n) is 7.16. The number of oxazole rings is 1. The van der Waals surface area contributed by atoms with Crippen molar-refractivity contribution < 1.29 is 4.42 Å². The number of benzene rings is 1. The van der Waals surface area contributed by atoms with Crippen LogP contribution in [0.25, 0.3) is 11.3 Å². The fourth-order valence-electron chi connectivity index (χ4n) is 2.05. The van der Waals surface area contributed by atoms with Gasteiger partial charge in [-0.3, -0.25) is 4.90 Å². The van der Waals surface area contributed by atoms with Crippen LogP contribution >= 0.6 is 11.6 Å². The number of unbranched alkanes of at least 4 members (excludes halogenated alkanes) is 1. The Morgan fingerprint density at radius 3 is 2.60 bits per heavy atom. The van der Waals surface area contributed by atoms with Gasteiger partial charge in [-0.05, 0) is 43.8 Å². The Hall–Kier alpha value is -1.32. The van der Waals surface area contributed by atoms with E-state index in [1.54, 1.807) is 6.20 Å². The summed E-state index contributed by atoms with van der Waals surface area (Å²) in [4.78, 5) is 6.72. The standard InChI is InChI=1S/C16H21ClN2O/c1-3-5-10-19(4-2)12-16-18-11-15(20-16)13-6-8-14(17)9-7-13/h6-9,11H,3-5,10,12H2,1-2H3. The summed E-state index contributed by atoms with van der Waals surface area (Å²) < 4.78 is 5.83. The van der Waals surface area contributed by atoms with Gasteiger partial charge < -0.3 is 4.42 Å². The maximum Gasteiger partial charge on any atom is 0.209 e. The lowest BCUT2D eigenvalue weighted by Crippen LogP contribution is -2.24. The van der Waals surface area contributed by atoms with Gasteiger partial charge in [-0.25, -0.2) is 4.98 Å². The summed E-state index contributed by atoms with van der Waals surface area (Å²) >= 11 is 5.89. The molecule has 0 amide bonds. The lowest BCUT2D eigenvalue weighted by molar-refractivity contribution is 0.248. The molecule has 0 spiro atoms. The first-order valence-corrected chi connectivity index (χ1v) is 7.53. The molecule has 20 heavy (non-hydrogen) atoms. The van der Waals surface area contributed by atoms with E-state index in [-0.39, 0.29) is 0 Å². The van der Waals surface area contributed by atoms with Crippen molar-refractivity contribution in [3.05, 3.63) is 41.4 Å². The van der Waals surface area contributed by atoms with Crippen LogP contribution in [-0.2, 0) is 6.54 Å². The van der Waals surface area contributed by atoms with Crippen LogP contribution in [0.5, 0.6) is 0 Å². The fourth-order valence-corrected chi connectivity index (χ4v) is 2.18. The van der Waals surface area contributed by atoms with Crippen molar-refractivity contribution in [2.45, 2.75) is 33.2 Å². The van der Waals surface area contributed by atoms with Crippen molar-refractivity contribution >= 4 is 11.6 Å². The SMILES string of the molecule is CCCCN(CC)Cc1ncc(-c2ccc(Cl)cc2)o1. The highest BCUT2D eigenvalue weighted by Crippen LogP contribution is 2.22. The first kappa shape index (κ1) is 15.1. The minimum Gasteiger partial charge on any atom is -0.439 e. The number of aromatic nitrogens is 1. The minimum atomic E-state index is 0.727. The second-order valence-corrected chi connectivity index (χ2v) is 5.28. The second-order valence-electron chi connectivity index (χ2n) is 4.85. The van der Waals surface area contributed by atoms with Crippen molar-refractivity contribution in [3.8, 4) is 11.3 Å². The van der Waals surface area contributed by atoms with Gasteiger partial charge in [-0.2, -0.15) is 0 Å². The molecule has 4 heteroatoms. The van der Waals surface area contributed by atoms with E-state index in [4.69, 9.17) is 16.0 Å². The zero-order valence-corrected chi connectivity index (χ0v) is 12.9. The van der Waals surface area contributed by atoms with Crippen LogP contribution < -0.4 is 0 Å². The zero-order chi connectivity index (χ0) is 14.4. The molecule has 0 saturated carbocycles. The third-order valence-corrected chi connectivity index (χ3v) is 3.57. The Labute approximate surface area is 125 Å². The Morgan fingerprint density at radius 2 is 1.95 bits per heavy atom. The molecule has 0 aliphatic heterocycles. The van der Waals surface area contributed by atoms with Crippen LogP contribution in [0.1, 0.15) is 32.6 Å². The van der Waals surface area contributed by atoms with Gasteiger partial charge in [-0.1, -0.05) is 31.9 Å². The van der Waals surface area contributed by atoms with Gasteiger partial charge in [0, 0.05) is 10.6 Å². The largest absolute Gasteiger partial charge is 0.439 e. The molecule has 2 rings (SSSR count).